The third-order valence-electron chi connectivity index (χ3n) is 3.34. The first-order valence-corrected chi connectivity index (χ1v) is 8.71. The zero-order chi connectivity index (χ0) is 15.7. The molecule has 1 N–H and O–H groups in total. The molecule has 6 heteroatoms. The average molecular weight is 382 g/mol. The van der Waals surface area contributed by atoms with E-state index in [-0.39, 0.29) is 12.0 Å². The molecule has 1 aliphatic heterocycles. The molecule has 116 valence electrons. The number of fused-ring (bicyclic) bond motifs is 1. The summed E-state index contributed by atoms with van der Waals surface area (Å²) in [5.41, 5.74) is 1.76. The molecule has 0 fully saturated rings. The zero-order valence-corrected chi connectivity index (χ0v) is 14.7. The maximum absolute atomic E-state index is 12.3. The van der Waals surface area contributed by atoms with Crippen molar-refractivity contribution < 1.29 is 14.3 Å². The first-order valence-electron chi connectivity index (χ1n) is 7.10. The van der Waals surface area contributed by atoms with Gasteiger partial charge in [-0.25, -0.2) is 0 Å². The fourth-order valence-electron chi connectivity index (χ4n) is 2.43. The lowest BCUT2D eigenvalue weighted by Crippen LogP contribution is -2.11. The van der Waals surface area contributed by atoms with Gasteiger partial charge in [0, 0.05) is 18.1 Å². The van der Waals surface area contributed by atoms with Gasteiger partial charge in [0.1, 0.15) is 17.6 Å². The molecule has 1 amide bonds. The van der Waals surface area contributed by atoms with Crippen LogP contribution in [0.3, 0.4) is 0 Å². The van der Waals surface area contributed by atoms with E-state index in [1.165, 1.54) is 11.3 Å². The summed E-state index contributed by atoms with van der Waals surface area (Å²) >= 11 is 4.76. The molecule has 4 nitrogen and oxygen atoms in total. The second-order valence-electron chi connectivity index (χ2n) is 5.08. The number of rotatable bonds is 4. The van der Waals surface area contributed by atoms with Crippen LogP contribution in [0, 0.1) is 0 Å². The lowest BCUT2D eigenvalue weighted by atomic mass is 10.1. The van der Waals surface area contributed by atoms with E-state index in [0.29, 0.717) is 22.9 Å². The Kier molecular flexibility index (Phi) is 4.40. The minimum absolute atomic E-state index is 0.150. The predicted molar refractivity (Wildman–Crippen MR) is 91.4 cm³/mol. The van der Waals surface area contributed by atoms with Crippen LogP contribution in [0.5, 0.6) is 11.5 Å². The summed E-state index contributed by atoms with van der Waals surface area (Å²) in [4.78, 5) is 13.0. The molecule has 2 aromatic rings. The largest absolute Gasteiger partial charge is 0.492 e. The van der Waals surface area contributed by atoms with Crippen LogP contribution in [0.4, 0.5) is 5.69 Å². The highest BCUT2D eigenvalue weighted by molar-refractivity contribution is 9.11. The van der Waals surface area contributed by atoms with Gasteiger partial charge in [0.05, 0.1) is 21.0 Å². The van der Waals surface area contributed by atoms with E-state index in [9.17, 15) is 4.79 Å². The third-order valence-corrected chi connectivity index (χ3v) is 4.97. The summed E-state index contributed by atoms with van der Waals surface area (Å²) in [6.07, 6.45) is 1.02. The van der Waals surface area contributed by atoms with Crippen molar-refractivity contribution in [3.05, 3.63) is 38.5 Å². The number of thiophene rings is 1. The van der Waals surface area contributed by atoms with Crippen molar-refractivity contribution in [1.29, 1.82) is 0 Å². The summed E-state index contributed by atoms with van der Waals surface area (Å²) in [6, 6.07) is 7.46. The van der Waals surface area contributed by atoms with Crippen LogP contribution >= 0.6 is 27.3 Å². The van der Waals surface area contributed by atoms with Crippen molar-refractivity contribution in [3.8, 4) is 11.5 Å². The Morgan fingerprint density at radius 2 is 2.32 bits per heavy atom. The minimum Gasteiger partial charge on any atom is -0.492 e. The minimum atomic E-state index is -0.150. The second-order valence-corrected chi connectivity index (χ2v) is 7.54. The highest BCUT2D eigenvalue weighted by atomic mass is 79.9. The van der Waals surface area contributed by atoms with Crippen molar-refractivity contribution in [2.45, 2.75) is 26.4 Å². The van der Waals surface area contributed by atoms with Crippen molar-refractivity contribution in [1.82, 2.24) is 0 Å². The first kappa shape index (κ1) is 15.4. The lowest BCUT2D eigenvalue weighted by Gasteiger charge is -2.13. The Hall–Kier alpha value is -1.53. The number of nitrogens with one attached hydrogen (secondary N) is 1. The number of halogens is 1. The molecular weight excluding hydrogens is 366 g/mol. The highest BCUT2D eigenvalue weighted by Gasteiger charge is 2.23. The van der Waals surface area contributed by atoms with Crippen LogP contribution in [-0.2, 0) is 6.42 Å². The van der Waals surface area contributed by atoms with Gasteiger partial charge in [-0.15, -0.1) is 11.3 Å². The molecule has 0 radical (unpaired) electrons. The molecule has 1 aromatic heterocycles. The van der Waals surface area contributed by atoms with Gasteiger partial charge in [-0.3, -0.25) is 4.79 Å². The number of amides is 1. The Morgan fingerprint density at radius 3 is 3.00 bits per heavy atom. The third kappa shape index (κ3) is 3.13. The smallest absolute Gasteiger partial charge is 0.265 e. The van der Waals surface area contributed by atoms with E-state index >= 15 is 0 Å². The molecular formula is C16H16BrNO3S. The monoisotopic (exact) mass is 381 g/mol. The van der Waals surface area contributed by atoms with Crippen LogP contribution in [0.15, 0.2) is 28.1 Å². The van der Waals surface area contributed by atoms with Crippen LogP contribution < -0.4 is 14.8 Å². The number of hydrogen-bond donors (Lipinski definition) is 1. The number of benzene rings is 1. The van der Waals surface area contributed by atoms with Crippen LogP contribution in [0.25, 0.3) is 0 Å². The van der Waals surface area contributed by atoms with Crippen molar-refractivity contribution >= 4 is 38.9 Å². The van der Waals surface area contributed by atoms with Gasteiger partial charge in [0.25, 0.3) is 5.91 Å². The molecule has 2 heterocycles. The molecule has 1 atom stereocenters. The Labute approximate surface area is 141 Å². The normalized spacial score (nSPS) is 16.0. The van der Waals surface area contributed by atoms with Gasteiger partial charge >= 0.3 is 0 Å². The summed E-state index contributed by atoms with van der Waals surface area (Å²) in [5, 5.41) is 2.92. The fraction of sp³-hybridized carbons (Fsp3) is 0.312. The molecule has 1 unspecified atom stereocenters. The fourth-order valence-corrected chi connectivity index (χ4v) is 3.71. The van der Waals surface area contributed by atoms with Gasteiger partial charge in [0.2, 0.25) is 0 Å². The molecule has 0 spiro atoms. The quantitative estimate of drug-likeness (QED) is 0.848. The van der Waals surface area contributed by atoms with E-state index in [1.807, 2.05) is 32.0 Å². The molecule has 0 saturated heterocycles. The maximum atomic E-state index is 12.3. The summed E-state index contributed by atoms with van der Waals surface area (Å²) in [5.74, 6) is 1.35. The molecule has 0 aliphatic carbocycles. The van der Waals surface area contributed by atoms with Gasteiger partial charge in [-0.1, -0.05) is 0 Å². The standard InChI is InChI=1S/C16H16BrNO3S/c1-3-20-13-7-10-6-9(2)21-12(10)8-11(13)18-16(19)14-4-5-15(17)22-14/h4-5,7-9H,3,6H2,1-2H3,(H,18,19). The zero-order valence-electron chi connectivity index (χ0n) is 12.3. The van der Waals surface area contributed by atoms with Gasteiger partial charge in [-0.2, -0.15) is 0 Å². The van der Waals surface area contributed by atoms with Gasteiger partial charge < -0.3 is 14.8 Å². The molecule has 1 aliphatic rings. The number of carbonyl (C=O) groups is 1. The molecule has 22 heavy (non-hydrogen) atoms. The second kappa shape index (κ2) is 6.30. The molecule has 0 saturated carbocycles. The van der Waals surface area contributed by atoms with E-state index in [2.05, 4.69) is 21.2 Å². The summed E-state index contributed by atoms with van der Waals surface area (Å²) in [7, 11) is 0. The Morgan fingerprint density at radius 1 is 1.50 bits per heavy atom. The Bertz CT molecular complexity index is 713. The van der Waals surface area contributed by atoms with Crippen LogP contribution in [0.2, 0.25) is 0 Å². The molecule has 1 aromatic carbocycles. The molecule has 3 rings (SSSR count). The van der Waals surface area contributed by atoms with Crippen LogP contribution in [-0.4, -0.2) is 18.6 Å². The van der Waals surface area contributed by atoms with Crippen molar-refractivity contribution in [2.75, 3.05) is 11.9 Å². The topological polar surface area (TPSA) is 47.6 Å². The van der Waals surface area contributed by atoms with E-state index in [4.69, 9.17) is 9.47 Å². The Balaban J connectivity index is 1.89. The number of ether oxygens (including phenoxy) is 2. The first-order chi connectivity index (χ1) is 10.6. The van der Waals surface area contributed by atoms with E-state index < -0.39 is 0 Å². The summed E-state index contributed by atoms with van der Waals surface area (Å²) in [6.45, 7) is 4.50. The lowest BCUT2D eigenvalue weighted by molar-refractivity contribution is 0.103. The number of hydrogen-bond acceptors (Lipinski definition) is 4. The SMILES string of the molecule is CCOc1cc2c(cc1NC(=O)c1ccc(Br)s1)OC(C)C2. The van der Waals surface area contributed by atoms with Gasteiger partial charge in [0.15, 0.2) is 0 Å². The average Bonchev–Trinajstić information content (AvgIpc) is 3.04. The number of carbonyl (C=O) groups excluding carboxylic acids is 1. The van der Waals surface area contributed by atoms with Gasteiger partial charge in [-0.05, 0) is 48.0 Å². The summed E-state index contributed by atoms with van der Waals surface area (Å²) < 4.78 is 12.3. The maximum Gasteiger partial charge on any atom is 0.265 e. The van der Waals surface area contributed by atoms with Crippen molar-refractivity contribution in [3.63, 3.8) is 0 Å². The highest BCUT2D eigenvalue weighted by Crippen LogP contribution is 2.38. The molecule has 0 bridgehead atoms. The van der Waals surface area contributed by atoms with E-state index in [1.54, 1.807) is 6.07 Å². The number of anilines is 1. The predicted octanol–water partition coefficient (Wildman–Crippen LogP) is 4.49. The van der Waals surface area contributed by atoms with Crippen molar-refractivity contribution in [2.24, 2.45) is 0 Å². The van der Waals surface area contributed by atoms with E-state index in [0.717, 1.165) is 21.5 Å². The van der Waals surface area contributed by atoms with Crippen LogP contribution in [0.1, 0.15) is 29.1 Å².